The average Bonchev–Trinajstić information content (AvgIpc) is 2.89. The third kappa shape index (κ3) is 9.76. The van der Waals surface area contributed by atoms with Crippen LogP contribution in [-0.2, 0) is 38.8 Å². The molecule has 1 atom stereocenters. The van der Waals surface area contributed by atoms with E-state index in [1.807, 2.05) is 0 Å². The van der Waals surface area contributed by atoms with Gasteiger partial charge >= 0.3 is 6.18 Å². The molecule has 0 aliphatic rings. The van der Waals surface area contributed by atoms with Crippen LogP contribution in [0.5, 0.6) is 0 Å². The average molecular weight is 693 g/mol. The maximum absolute atomic E-state index is 14.2. The minimum Gasteiger partial charge on any atom is -0.350 e. The van der Waals surface area contributed by atoms with E-state index in [9.17, 15) is 31.2 Å². The van der Waals surface area contributed by atoms with Crippen LogP contribution in [0.3, 0.4) is 0 Å². The number of alkyl halides is 3. The Hall–Kier alpha value is -2.99. The number of sulfonamides is 1. The van der Waals surface area contributed by atoms with E-state index < -0.39 is 57.4 Å². The van der Waals surface area contributed by atoms with Crippen LogP contribution in [0.1, 0.15) is 37.5 Å². The number of nitrogens with one attached hydrogen (secondary N) is 1. The number of halogens is 6. The van der Waals surface area contributed by atoms with Gasteiger partial charge in [0.25, 0.3) is 0 Å². The molecule has 7 nitrogen and oxygen atoms in total. The molecule has 0 saturated carbocycles. The fourth-order valence-electron chi connectivity index (χ4n) is 4.32. The van der Waals surface area contributed by atoms with E-state index in [1.165, 1.54) is 12.1 Å². The number of carbonyl (C=O) groups excluding carboxylic acids is 2. The van der Waals surface area contributed by atoms with Crippen molar-refractivity contribution in [1.29, 1.82) is 0 Å². The maximum atomic E-state index is 14.2. The summed E-state index contributed by atoms with van der Waals surface area (Å²) in [7, 11) is -4.36. The van der Waals surface area contributed by atoms with Crippen LogP contribution in [0, 0.1) is 0 Å². The molecule has 0 spiro atoms. The maximum Gasteiger partial charge on any atom is 0.416 e. The standard InChI is InChI=1S/C30H31Cl3F3N3O4S/c1-29(2,3)37-28(41)26(14-19-8-6-5-7-9-19)38(17-20-10-12-22(31)16-24(20)33)27(40)18-39(44(4,42)43)25-15-21(30(34,35)36)11-13-23(25)32/h5-13,15-16,26H,14,17-18H2,1-4H3,(H,37,41)/t26-/m0/s1. The van der Waals surface area contributed by atoms with Gasteiger partial charge in [0.2, 0.25) is 21.8 Å². The summed E-state index contributed by atoms with van der Waals surface area (Å²) in [5, 5.41) is 3.05. The molecule has 44 heavy (non-hydrogen) atoms. The summed E-state index contributed by atoms with van der Waals surface area (Å²) in [6, 6.07) is 14.4. The van der Waals surface area contributed by atoms with E-state index in [-0.39, 0.29) is 23.0 Å². The van der Waals surface area contributed by atoms with Crippen LogP contribution in [0.4, 0.5) is 18.9 Å². The van der Waals surface area contributed by atoms with Crippen molar-refractivity contribution in [2.24, 2.45) is 0 Å². The topological polar surface area (TPSA) is 86.8 Å². The van der Waals surface area contributed by atoms with Gasteiger partial charge in [0.05, 0.1) is 22.5 Å². The smallest absolute Gasteiger partial charge is 0.350 e. The molecule has 0 aliphatic carbocycles. The number of hydrogen-bond acceptors (Lipinski definition) is 4. The molecule has 238 valence electrons. The molecule has 0 aromatic heterocycles. The Morgan fingerprint density at radius 2 is 1.55 bits per heavy atom. The number of amides is 2. The number of anilines is 1. The third-order valence-corrected chi connectivity index (χ3v) is 8.38. The highest BCUT2D eigenvalue weighted by Crippen LogP contribution is 2.36. The van der Waals surface area contributed by atoms with Gasteiger partial charge in [-0.25, -0.2) is 8.42 Å². The van der Waals surface area contributed by atoms with Crippen LogP contribution in [-0.4, -0.2) is 49.5 Å². The van der Waals surface area contributed by atoms with Gasteiger partial charge in [-0.05, 0) is 62.2 Å². The first-order valence-corrected chi connectivity index (χ1v) is 16.2. The van der Waals surface area contributed by atoms with E-state index in [2.05, 4.69) is 5.32 Å². The molecular weight excluding hydrogens is 662 g/mol. The predicted molar refractivity (Wildman–Crippen MR) is 167 cm³/mol. The van der Waals surface area contributed by atoms with Crippen molar-refractivity contribution < 1.29 is 31.2 Å². The molecule has 0 heterocycles. The second-order valence-corrected chi connectivity index (χ2v) is 14.3. The fourth-order valence-corrected chi connectivity index (χ4v) is 5.91. The number of benzene rings is 3. The molecule has 1 N–H and O–H groups in total. The van der Waals surface area contributed by atoms with Gasteiger partial charge in [-0.15, -0.1) is 0 Å². The molecule has 0 fully saturated rings. The number of nitrogens with zero attached hydrogens (tertiary/aromatic N) is 2. The monoisotopic (exact) mass is 691 g/mol. The molecule has 0 radical (unpaired) electrons. The lowest BCUT2D eigenvalue weighted by molar-refractivity contribution is -0.140. The quantitative estimate of drug-likeness (QED) is 0.248. The van der Waals surface area contributed by atoms with E-state index in [1.54, 1.807) is 57.2 Å². The highest BCUT2D eigenvalue weighted by Gasteiger charge is 2.36. The van der Waals surface area contributed by atoms with Gasteiger partial charge in [-0.3, -0.25) is 13.9 Å². The van der Waals surface area contributed by atoms with Gasteiger partial charge in [0, 0.05) is 28.5 Å². The number of hydrogen-bond donors (Lipinski definition) is 1. The first kappa shape index (κ1) is 35.5. The summed E-state index contributed by atoms with van der Waals surface area (Å²) in [4.78, 5) is 29.1. The zero-order chi connectivity index (χ0) is 33.0. The van der Waals surface area contributed by atoms with Crippen molar-refractivity contribution >= 4 is 62.3 Å². The van der Waals surface area contributed by atoms with E-state index in [0.717, 1.165) is 17.2 Å². The fraction of sp³-hybridized carbons (Fsp3) is 0.333. The Bertz CT molecular complexity index is 1620. The summed E-state index contributed by atoms with van der Waals surface area (Å²) < 4.78 is 67.0. The van der Waals surface area contributed by atoms with Crippen LogP contribution in [0.25, 0.3) is 0 Å². The number of carbonyl (C=O) groups is 2. The molecule has 3 aromatic carbocycles. The predicted octanol–water partition coefficient (Wildman–Crippen LogP) is 6.99. The largest absolute Gasteiger partial charge is 0.416 e. The van der Waals surface area contributed by atoms with Crippen molar-refractivity contribution in [2.45, 2.75) is 51.5 Å². The highest BCUT2D eigenvalue weighted by atomic mass is 35.5. The van der Waals surface area contributed by atoms with Crippen LogP contribution in [0.2, 0.25) is 15.1 Å². The second kappa shape index (κ2) is 14.0. The highest BCUT2D eigenvalue weighted by molar-refractivity contribution is 7.92. The Kier molecular flexibility index (Phi) is 11.3. The first-order chi connectivity index (χ1) is 20.3. The van der Waals surface area contributed by atoms with Crippen molar-refractivity contribution in [2.75, 3.05) is 17.1 Å². The summed E-state index contributed by atoms with van der Waals surface area (Å²) in [6.07, 6.45) is -4.04. The Morgan fingerprint density at radius 1 is 0.909 bits per heavy atom. The van der Waals surface area contributed by atoms with E-state index in [4.69, 9.17) is 34.8 Å². The Balaban J connectivity index is 2.16. The summed E-state index contributed by atoms with van der Waals surface area (Å²) in [5.41, 5.74) is -1.31. The summed E-state index contributed by atoms with van der Waals surface area (Å²) in [6.45, 7) is 4.06. The molecular formula is C30H31Cl3F3N3O4S. The zero-order valence-corrected chi connectivity index (χ0v) is 27.3. The molecule has 3 rings (SSSR count). The zero-order valence-electron chi connectivity index (χ0n) is 24.3. The molecule has 0 aliphatic heterocycles. The van der Waals surface area contributed by atoms with Gasteiger partial charge in [-0.1, -0.05) is 71.2 Å². The van der Waals surface area contributed by atoms with E-state index in [0.29, 0.717) is 32.6 Å². The molecule has 0 saturated heterocycles. The van der Waals surface area contributed by atoms with Crippen molar-refractivity contribution in [3.63, 3.8) is 0 Å². The second-order valence-electron chi connectivity index (χ2n) is 11.1. The van der Waals surface area contributed by atoms with Crippen molar-refractivity contribution in [3.05, 3.63) is 98.5 Å². The van der Waals surface area contributed by atoms with E-state index >= 15 is 0 Å². The van der Waals surface area contributed by atoms with Crippen molar-refractivity contribution in [3.8, 4) is 0 Å². The van der Waals surface area contributed by atoms with Crippen LogP contribution >= 0.6 is 34.8 Å². The van der Waals surface area contributed by atoms with Crippen LogP contribution in [0.15, 0.2) is 66.7 Å². The number of rotatable bonds is 10. The molecule has 14 heteroatoms. The summed E-state index contributed by atoms with van der Waals surface area (Å²) >= 11 is 18.7. The molecule has 0 unspecified atom stereocenters. The van der Waals surface area contributed by atoms with Gasteiger partial charge in [0.15, 0.2) is 0 Å². The third-order valence-electron chi connectivity index (χ3n) is 6.35. The normalized spacial score (nSPS) is 12.9. The first-order valence-electron chi connectivity index (χ1n) is 13.2. The van der Waals surface area contributed by atoms with Gasteiger partial charge in [0.1, 0.15) is 12.6 Å². The SMILES string of the molecule is CC(C)(C)NC(=O)[C@H](Cc1ccccc1)N(Cc1ccc(Cl)cc1Cl)C(=O)CN(c1cc(C(F)(F)F)ccc1Cl)S(C)(=O)=O. The molecule has 3 aromatic rings. The lowest BCUT2D eigenvalue weighted by Gasteiger charge is -2.35. The lowest BCUT2D eigenvalue weighted by Crippen LogP contribution is -2.56. The Morgan fingerprint density at radius 3 is 2.09 bits per heavy atom. The minimum atomic E-state index is -4.81. The van der Waals surface area contributed by atoms with Crippen molar-refractivity contribution in [1.82, 2.24) is 10.2 Å². The lowest BCUT2D eigenvalue weighted by atomic mass is 10.0. The van der Waals surface area contributed by atoms with Crippen LogP contribution < -0.4 is 9.62 Å². The summed E-state index contributed by atoms with van der Waals surface area (Å²) in [5.74, 6) is -1.43. The minimum absolute atomic E-state index is 0.0306. The Labute approximate surface area is 269 Å². The van der Waals surface area contributed by atoms with Gasteiger partial charge in [-0.2, -0.15) is 13.2 Å². The van der Waals surface area contributed by atoms with Gasteiger partial charge < -0.3 is 10.2 Å². The molecule has 2 amide bonds. The molecule has 0 bridgehead atoms.